The van der Waals surface area contributed by atoms with Gasteiger partial charge >= 0.3 is 12.1 Å². The number of carbonyl (C=O) groups is 2. The molecule has 0 fully saturated rings. The second kappa shape index (κ2) is 7.72. The molecule has 152 valence electrons. The molecule has 0 spiro atoms. The molecule has 0 aliphatic carbocycles. The lowest BCUT2D eigenvalue weighted by atomic mass is 10.1. The molecule has 0 bridgehead atoms. The highest BCUT2D eigenvalue weighted by Gasteiger charge is 2.42. The van der Waals surface area contributed by atoms with Gasteiger partial charge in [0.25, 0.3) is 5.91 Å². The normalized spacial score (nSPS) is 12.7. The van der Waals surface area contributed by atoms with Crippen molar-refractivity contribution in [2.45, 2.75) is 12.4 Å². The van der Waals surface area contributed by atoms with Crippen LogP contribution in [0.5, 0.6) is 0 Å². The molecule has 11 heteroatoms. The maximum Gasteiger partial charge on any atom is 0.490 e. The first-order valence-corrected chi connectivity index (χ1v) is 8.52. The Hall–Kier alpha value is -3.11. The average molecular weight is 427 g/mol. The first kappa shape index (κ1) is 20.6. The Labute approximate surface area is 167 Å². The number of nitrogens with one attached hydrogen (secondary N) is 1. The van der Waals surface area contributed by atoms with Crippen LogP contribution in [0.3, 0.4) is 0 Å². The fraction of sp³-hybridized carbons (Fsp3) is 0.167. The zero-order chi connectivity index (χ0) is 21.3. The molecule has 1 aromatic heterocycles. The van der Waals surface area contributed by atoms with Crippen molar-refractivity contribution in [2.75, 3.05) is 7.05 Å². The molecule has 1 atom stereocenters. The van der Waals surface area contributed by atoms with Crippen molar-refractivity contribution >= 4 is 34.4 Å². The predicted molar refractivity (Wildman–Crippen MR) is 98.5 cm³/mol. The van der Waals surface area contributed by atoms with Gasteiger partial charge < -0.3 is 10.5 Å². The monoisotopic (exact) mass is 426 g/mol. The number of hydrogen-bond donors (Lipinski definition) is 2. The zero-order valence-corrected chi connectivity index (χ0v) is 15.6. The van der Waals surface area contributed by atoms with Crippen LogP contribution in [0.2, 0.25) is 5.02 Å². The van der Waals surface area contributed by atoms with Crippen LogP contribution in [0.15, 0.2) is 42.6 Å². The van der Waals surface area contributed by atoms with Crippen molar-refractivity contribution in [1.82, 2.24) is 15.1 Å². The van der Waals surface area contributed by atoms with Gasteiger partial charge in [0.15, 0.2) is 6.23 Å². The number of amides is 1. The Morgan fingerprint density at radius 3 is 2.41 bits per heavy atom. The van der Waals surface area contributed by atoms with E-state index in [-0.39, 0.29) is 5.56 Å². The zero-order valence-electron chi connectivity index (χ0n) is 14.8. The van der Waals surface area contributed by atoms with Gasteiger partial charge in [-0.1, -0.05) is 23.7 Å². The Bertz CT molecular complexity index is 1080. The third-order valence-electron chi connectivity index (χ3n) is 4.07. The fourth-order valence-corrected chi connectivity index (χ4v) is 2.87. The van der Waals surface area contributed by atoms with Gasteiger partial charge in [-0.05, 0) is 31.3 Å². The first-order valence-electron chi connectivity index (χ1n) is 8.15. The largest absolute Gasteiger partial charge is 0.490 e. The Morgan fingerprint density at radius 1 is 1.21 bits per heavy atom. The third-order valence-corrected chi connectivity index (χ3v) is 4.40. The van der Waals surface area contributed by atoms with Gasteiger partial charge in [0.2, 0.25) is 0 Å². The molecule has 3 aromatic rings. The van der Waals surface area contributed by atoms with Gasteiger partial charge in [-0.3, -0.25) is 10.1 Å². The van der Waals surface area contributed by atoms with Gasteiger partial charge in [0.1, 0.15) is 5.52 Å². The maximum atomic E-state index is 12.4. The number of hydrogen-bond acceptors (Lipinski definition) is 5. The molecule has 0 saturated heterocycles. The van der Waals surface area contributed by atoms with E-state index in [2.05, 4.69) is 15.2 Å². The van der Waals surface area contributed by atoms with Crippen LogP contribution in [0.4, 0.5) is 13.2 Å². The predicted octanol–water partition coefficient (Wildman–Crippen LogP) is 3.10. The maximum absolute atomic E-state index is 12.4. The van der Waals surface area contributed by atoms with Crippen LogP contribution in [0.25, 0.3) is 16.6 Å². The highest BCUT2D eigenvalue weighted by molar-refractivity contribution is 6.36. The first-order chi connectivity index (χ1) is 13.6. The van der Waals surface area contributed by atoms with E-state index in [4.69, 9.17) is 17.3 Å². The summed E-state index contributed by atoms with van der Waals surface area (Å²) in [7, 11) is 1.36. The highest BCUT2D eigenvalue weighted by Crippen LogP contribution is 2.27. The molecule has 0 aliphatic rings. The van der Waals surface area contributed by atoms with Crippen LogP contribution in [0, 0.1) is 0 Å². The second-order valence-electron chi connectivity index (χ2n) is 5.96. The molecule has 1 unspecified atom stereocenters. The number of nitrogens with zero attached hydrogens (tertiary/aromatic N) is 2. The van der Waals surface area contributed by atoms with Gasteiger partial charge in [0.05, 0.1) is 16.3 Å². The number of fused-ring (bicyclic) bond motifs is 1. The van der Waals surface area contributed by atoms with Gasteiger partial charge in [-0.2, -0.15) is 18.3 Å². The molecular weight excluding hydrogens is 413 g/mol. The lowest BCUT2D eigenvalue weighted by molar-refractivity contribution is -0.206. The van der Waals surface area contributed by atoms with Crippen molar-refractivity contribution in [3.8, 4) is 5.69 Å². The number of alkyl halides is 3. The molecule has 2 aromatic carbocycles. The molecule has 3 rings (SSSR count). The molecule has 3 N–H and O–H groups in total. The van der Waals surface area contributed by atoms with E-state index in [1.165, 1.54) is 36.0 Å². The molecular formula is C18H14ClF3N4O3. The lowest BCUT2D eigenvalue weighted by Gasteiger charge is -2.18. The summed E-state index contributed by atoms with van der Waals surface area (Å²) in [5.74, 6) is -2.96. The number of halogens is 4. The second-order valence-corrected chi connectivity index (χ2v) is 6.37. The Morgan fingerprint density at radius 2 is 1.86 bits per heavy atom. The topological polar surface area (TPSA) is 99.2 Å². The summed E-state index contributed by atoms with van der Waals surface area (Å²) in [4.78, 5) is 22.6. The number of esters is 1. The highest BCUT2D eigenvalue weighted by atomic mass is 35.5. The van der Waals surface area contributed by atoms with E-state index in [9.17, 15) is 22.8 Å². The number of primary amides is 1. The van der Waals surface area contributed by atoms with Crippen molar-refractivity contribution in [1.29, 1.82) is 0 Å². The SMILES string of the molecule is CNC(OC(=O)C(F)(F)F)c1ccc(-n2cc3c(Cl)ccc(C(N)=O)c3n2)cc1. The summed E-state index contributed by atoms with van der Waals surface area (Å²) in [6.45, 7) is 0. The van der Waals surface area contributed by atoms with Gasteiger partial charge in [-0.15, -0.1) is 0 Å². The summed E-state index contributed by atoms with van der Waals surface area (Å²) in [5.41, 5.74) is 6.71. The van der Waals surface area contributed by atoms with Gasteiger partial charge in [0, 0.05) is 17.1 Å². The summed E-state index contributed by atoms with van der Waals surface area (Å²) in [5, 5.41) is 7.71. The van der Waals surface area contributed by atoms with Crippen LogP contribution in [-0.2, 0) is 9.53 Å². The number of carbonyl (C=O) groups excluding carboxylic acids is 2. The van der Waals surface area contributed by atoms with Crippen molar-refractivity contribution in [3.63, 3.8) is 0 Å². The molecule has 0 saturated carbocycles. The quantitative estimate of drug-likeness (QED) is 0.482. The van der Waals surface area contributed by atoms with Crippen LogP contribution in [-0.4, -0.2) is 34.9 Å². The smallest absolute Gasteiger partial charge is 0.436 e. The lowest BCUT2D eigenvalue weighted by Crippen LogP contribution is -2.31. The molecule has 7 nitrogen and oxygen atoms in total. The van der Waals surface area contributed by atoms with E-state index >= 15 is 0 Å². The number of aromatic nitrogens is 2. The van der Waals surface area contributed by atoms with E-state index in [0.29, 0.717) is 27.2 Å². The minimum absolute atomic E-state index is 0.203. The summed E-state index contributed by atoms with van der Waals surface area (Å²) >= 11 is 6.15. The minimum Gasteiger partial charge on any atom is -0.436 e. The molecule has 1 heterocycles. The van der Waals surface area contributed by atoms with E-state index in [1.54, 1.807) is 18.3 Å². The number of nitrogens with two attached hydrogens (primary N) is 1. The third kappa shape index (κ3) is 4.17. The van der Waals surface area contributed by atoms with Crippen molar-refractivity contribution < 1.29 is 27.5 Å². The number of benzene rings is 2. The molecule has 1 amide bonds. The molecule has 0 radical (unpaired) electrons. The van der Waals surface area contributed by atoms with E-state index < -0.39 is 24.3 Å². The van der Waals surface area contributed by atoms with Gasteiger partial charge in [-0.25, -0.2) is 9.48 Å². The Kier molecular flexibility index (Phi) is 5.49. The standard InChI is InChI=1S/C18H14ClF3N4O3/c1-24-16(29-17(28)18(20,21)22)9-2-4-10(5-3-9)26-8-12-13(19)7-6-11(15(23)27)14(12)25-26/h2-8,16,24H,1H3,(H2,23,27). The average Bonchev–Trinajstić information content (AvgIpc) is 3.11. The van der Waals surface area contributed by atoms with Crippen LogP contribution in [0.1, 0.15) is 22.1 Å². The van der Waals surface area contributed by atoms with E-state index in [1.807, 2.05) is 0 Å². The number of ether oxygens (including phenoxy) is 1. The van der Waals surface area contributed by atoms with Crippen LogP contribution >= 0.6 is 11.6 Å². The van der Waals surface area contributed by atoms with Crippen molar-refractivity contribution in [3.05, 3.63) is 58.7 Å². The Balaban J connectivity index is 1.92. The number of rotatable bonds is 5. The summed E-state index contributed by atoms with van der Waals surface area (Å²) in [6, 6.07) is 9.08. The molecule has 0 aliphatic heterocycles. The fourth-order valence-electron chi connectivity index (χ4n) is 2.67. The molecule has 29 heavy (non-hydrogen) atoms. The van der Waals surface area contributed by atoms with Crippen LogP contribution < -0.4 is 11.1 Å². The summed E-state index contributed by atoms with van der Waals surface area (Å²) < 4.78 is 43.1. The van der Waals surface area contributed by atoms with Crippen molar-refractivity contribution in [2.24, 2.45) is 5.73 Å². The minimum atomic E-state index is -5.10. The van der Waals surface area contributed by atoms with E-state index in [0.717, 1.165) is 0 Å². The summed E-state index contributed by atoms with van der Waals surface area (Å²) in [6.07, 6.45) is -4.79.